The van der Waals surface area contributed by atoms with Gasteiger partial charge in [0.2, 0.25) is 0 Å². The highest BCUT2D eigenvalue weighted by atomic mass is 16.4. The van der Waals surface area contributed by atoms with E-state index in [0.717, 1.165) is 11.1 Å². The van der Waals surface area contributed by atoms with E-state index < -0.39 is 12.0 Å². The zero-order valence-electron chi connectivity index (χ0n) is 20.0. The van der Waals surface area contributed by atoms with Crippen LogP contribution in [0, 0.1) is 5.41 Å². The minimum absolute atomic E-state index is 0.259. The molecule has 164 valence electrons. The minimum Gasteiger partial charge on any atom is -0.480 e. The van der Waals surface area contributed by atoms with Crippen molar-refractivity contribution in [3.8, 4) is 0 Å². The van der Waals surface area contributed by atoms with Crippen LogP contribution in [0.5, 0.6) is 0 Å². The number of rotatable bonds is 8. The molecule has 0 saturated carbocycles. The molecule has 0 aromatic carbocycles. The fraction of sp³-hybridized carbons (Fsp3) is 0.481. The first-order valence-electron chi connectivity index (χ1n) is 10.8. The first kappa shape index (κ1) is 25.6. The zero-order chi connectivity index (χ0) is 22.9. The smallest absolute Gasteiger partial charge is 0.328 e. The Morgan fingerprint density at radius 2 is 1.53 bits per heavy atom. The maximum atomic E-state index is 10.8. The molecule has 0 radical (unpaired) electrons. The second kappa shape index (κ2) is 11.7. The van der Waals surface area contributed by atoms with Crippen molar-refractivity contribution >= 4 is 12.2 Å². The molecule has 1 rings (SSSR count). The van der Waals surface area contributed by atoms with Gasteiger partial charge in [0.25, 0.3) is 0 Å². The summed E-state index contributed by atoms with van der Waals surface area (Å²) in [4.78, 5) is 14.8. The van der Waals surface area contributed by atoms with E-state index in [9.17, 15) is 4.79 Å². The Balaban J connectivity index is 2.84. The summed E-state index contributed by atoms with van der Waals surface area (Å²) in [6.45, 7) is 16.9. The number of aliphatic carboxylic acids is 1. The summed E-state index contributed by atoms with van der Waals surface area (Å²) in [6, 6.07) is -0.721. The van der Waals surface area contributed by atoms with Gasteiger partial charge in [0.05, 0.1) is 0 Å². The molecule has 1 aliphatic carbocycles. The maximum absolute atomic E-state index is 10.8. The Bertz CT molecular complexity index is 842. The van der Waals surface area contributed by atoms with E-state index in [2.05, 4.69) is 63.9 Å². The van der Waals surface area contributed by atoms with Gasteiger partial charge in [0, 0.05) is 6.21 Å². The van der Waals surface area contributed by atoms with E-state index in [4.69, 9.17) is 5.11 Å². The summed E-state index contributed by atoms with van der Waals surface area (Å²) in [5.41, 5.74) is 8.03. The van der Waals surface area contributed by atoms with Crippen molar-refractivity contribution < 1.29 is 9.90 Å². The van der Waals surface area contributed by atoms with Gasteiger partial charge in [-0.15, -0.1) is 0 Å². The number of nitrogens with zero attached hydrogens (tertiary/aromatic N) is 1. The number of hydrogen-bond donors (Lipinski definition) is 1. The van der Waals surface area contributed by atoms with Gasteiger partial charge >= 0.3 is 5.97 Å². The molecule has 0 aromatic rings. The van der Waals surface area contributed by atoms with Crippen LogP contribution in [0.3, 0.4) is 0 Å². The predicted octanol–water partition coefficient (Wildman–Crippen LogP) is 7.40. The molecule has 0 spiro atoms. The Kier molecular flexibility index (Phi) is 9.98. The van der Waals surface area contributed by atoms with E-state index in [-0.39, 0.29) is 5.41 Å². The van der Waals surface area contributed by atoms with Crippen LogP contribution >= 0.6 is 0 Å². The summed E-state index contributed by atoms with van der Waals surface area (Å²) >= 11 is 0. The highest BCUT2D eigenvalue weighted by Gasteiger charge is 2.26. The third kappa shape index (κ3) is 8.14. The molecule has 1 atom stereocenters. The van der Waals surface area contributed by atoms with Gasteiger partial charge in [-0.3, -0.25) is 4.99 Å². The number of aliphatic imine (C=N–C) groups is 1. The first-order valence-corrected chi connectivity index (χ1v) is 10.8. The standard InChI is InChI=1S/C27H39NO2/c1-19(21(3)15-17-28-24(6)26(29)30)12-9-10-13-20(2)23(5)18-25-22(4)14-11-16-27(25,7)8/h9-10,12-13,15,17-18,24H,11,14,16H2,1-8H3,(H,29,30)/b10-9+,19-12+,20-13+,21-15+,23-18+,28-17?/t24-/m0/s1. The Morgan fingerprint density at radius 1 is 1.00 bits per heavy atom. The molecule has 0 aliphatic heterocycles. The molecule has 0 bridgehead atoms. The number of carboxylic acid groups (broad SMARTS) is 1. The lowest BCUT2D eigenvalue weighted by Gasteiger charge is -2.33. The Labute approximate surface area is 183 Å². The van der Waals surface area contributed by atoms with Crippen LogP contribution in [-0.4, -0.2) is 23.3 Å². The minimum atomic E-state index is -0.919. The Morgan fingerprint density at radius 3 is 2.07 bits per heavy atom. The van der Waals surface area contributed by atoms with Crippen molar-refractivity contribution in [3.05, 3.63) is 69.9 Å². The lowest BCUT2D eigenvalue weighted by atomic mass is 9.72. The molecule has 3 nitrogen and oxygen atoms in total. The fourth-order valence-corrected chi connectivity index (χ4v) is 3.43. The van der Waals surface area contributed by atoms with E-state index in [1.165, 1.54) is 41.6 Å². The van der Waals surface area contributed by atoms with Gasteiger partial charge in [0.1, 0.15) is 6.04 Å². The monoisotopic (exact) mass is 409 g/mol. The van der Waals surface area contributed by atoms with Crippen molar-refractivity contribution in [1.29, 1.82) is 0 Å². The van der Waals surface area contributed by atoms with Crippen molar-refractivity contribution in [2.75, 3.05) is 0 Å². The van der Waals surface area contributed by atoms with Gasteiger partial charge in [-0.2, -0.15) is 0 Å². The van der Waals surface area contributed by atoms with Crippen LogP contribution < -0.4 is 0 Å². The summed E-state index contributed by atoms with van der Waals surface area (Å²) in [5, 5.41) is 8.85. The Hall–Kier alpha value is -2.42. The molecule has 0 fully saturated rings. The van der Waals surface area contributed by atoms with Crippen LogP contribution in [0.1, 0.15) is 74.7 Å². The number of carbonyl (C=O) groups is 1. The van der Waals surface area contributed by atoms with Crippen LogP contribution in [0.2, 0.25) is 0 Å². The van der Waals surface area contributed by atoms with Crippen LogP contribution in [-0.2, 0) is 4.79 Å². The summed E-state index contributed by atoms with van der Waals surface area (Å²) in [5.74, 6) is -0.919. The van der Waals surface area contributed by atoms with Gasteiger partial charge in [0.15, 0.2) is 0 Å². The molecule has 3 heteroatoms. The molecule has 0 unspecified atom stereocenters. The molecule has 1 N–H and O–H groups in total. The van der Waals surface area contributed by atoms with E-state index in [1.807, 2.05) is 26.0 Å². The lowest BCUT2D eigenvalue weighted by molar-refractivity contribution is -0.137. The third-order valence-corrected chi connectivity index (χ3v) is 5.94. The van der Waals surface area contributed by atoms with E-state index >= 15 is 0 Å². The molecular weight excluding hydrogens is 370 g/mol. The van der Waals surface area contributed by atoms with Gasteiger partial charge < -0.3 is 5.11 Å². The SMILES string of the molecule is CC1=C(/C=C(C)/C(C)=C/C=C/C=C(C)/C(C)=C/C=N[C@@H](C)C(=O)O)C(C)(C)CCC1. The van der Waals surface area contributed by atoms with Crippen molar-refractivity contribution in [2.24, 2.45) is 10.4 Å². The first-order chi connectivity index (χ1) is 14.0. The fourth-order valence-electron chi connectivity index (χ4n) is 3.43. The topological polar surface area (TPSA) is 49.7 Å². The van der Waals surface area contributed by atoms with Crippen molar-refractivity contribution in [1.82, 2.24) is 0 Å². The summed E-state index contributed by atoms with van der Waals surface area (Å²) in [7, 11) is 0. The number of carboxylic acids is 1. The van der Waals surface area contributed by atoms with Crippen LogP contribution in [0.15, 0.2) is 74.9 Å². The molecule has 0 aromatic heterocycles. The molecule has 0 heterocycles. The van der Waals surface area contributed by atoms with Crippen LogP contribution in [0.25, 0.3) is 0 Å². The lowest BCUT2D eigenvalue weighted by Crippen LogP contribution is -2.19. The van der Waals surface area contributed by atoms with Crippen LogP contribution in [0.4, 0.5) is 0 Å². The summed E-state index contributed by atoms with van der Waals surface area (Å²) < 4.78 is 0. The number of allylic oxidation sites excluding steroid dienone is 12. The summed E-state index contributed by atoms with van der Waals surface area (Å²) in [6.07, 6.45) is 17.8. The molecule has 0 saturated heterocycles. The second-order valence-electron chi connectivity index (χ2n) is 9.01. The van der Waals surface area contributed by atoms with Gasteiger partial charge in [-0.25, -0.2) is 4.79 Å². The third-order valence-electron chi connectivity index (χ3n) is 5.94. The maximum Gasteiger partial charge on any atom is 0.328 e. The molecular formula is C27H39NO2. The molecule has 30 heavy (non-hydrogen) atoms. The zero-order valence-corrected chi connectivity index (χ0v) is 20.0. The van der Waals surface area contributed by atoms with Crippen molar-refractivity contribution in [3.63, 3.8) is 0 Å². The van der Waals surface area contributed by atoms with Crippen molar-refractivity contribution in [2.45, 2.75) is 80.7 Å². The van der Waals surface area contributed by atoms with E-state index in [1.54, 1.807) is 13.1 Å². The van der Waals surface area contributed by atoms with Gasteiger partial charge in [-0.1, -0.05) is 49.8 Å². The quantitative estimate of drug-likeness (QED) is 0.335. The average molecular weight is 410 g/mol. The normalized spacial score (nSPS) is 20.4. The molecule has 1 aliphatic rings. The number of hydrogen-bond acceptors (Lipinski definition) is 2. The largest absolute Gasteiger partial charge is 0.480 e. The second-order valence-corrected chi connectivity index (χ2v) is 9.01. The highest BCUT2D eigenvalue weighted by Crippen LogP contribution is 2.41. The van der Waals surface area contributed by atoms with E-state index in [0.29, 0.717) is 0 Å². The predicted molar refractivity (Wildman–Crippen MR) is 130 cm³/mol. The van der Waals surface area contributed by atoms with Gasteiger partial charge in [-0.05, 0) is 100 Å². The molecule has 0 amide bonds. The highest BCUT2D eigenvalue weighted by molar-refractivity contribution is 5.79. The average Bonchev–Trinajstić information content (AvgIpc) is 2.66.